The monoisotopic (exact) mass is 380 g/mol. The van der Waals surface area contributed by atoms with Gasteiger partial charge in [-0.25, -0.2) is 9.88 Å². The molecule has 0 radical (unpaired) electrons. The minimum Gasteiger partial charge on any atom is -0.460 e. The summed E-state index contributed by atoms with van der Waals surface area (Å²) < 4.78 is 5.55. The fourth-order valence-electron chi connectivity index (χ4n) is 2.82. The first-order valence-electron chi connectivity index (χ1n) is 8.38. The highest BCUT2D eigenvalue weighted by Gasteiger charge is 2.40. The molecule has 1 aromatic carbocycles. The number of benzene rings is 1. The van der Waals surface area contributed by atoms with Crippen molar-refractivity contribution < 1.29 is 14.0 Å². The molecule has 0 aliphatic carbocycles. The van der Waals surface area contributed by atoms with E-state index in [0.29, 0.717) is 22.3 Å². The molecule has 1 unspecified atom stereocenters. The summed E-state index contributed by atoms with van der Waals surface area (Å²) in [6, 6.07) is 10.9. The lowest BCUT2D eigenvalue weighted by atomic mass is 10.2. The fourth-order valence-corrected chi connectivity index (χ4v) is 3.75. The Balaban J connectivity index is 1.54. The van der Waals surface area contributed by atoms with Gasteiger partial charge in [0.05, 0.1) is 11.9 Å². The minimum atomic E-state index is -0.575. The number of imide groups is 1. The average molecular weight is 380 g/mol. The Bertz CT molecular complexity index is 1020. The quantitative estimate of drug-likeness (QED) is 0.642. The number of carbonyl (C=O) groups is 2. The Morgan fingerprint density at radius 1 is 1.11 bits per heavy atom. The summed E-state index contributed by atoms with van der Waals surface area (Å²) in [6.45, 7) is 3.80. The predicted octanol–water partition coefficient (Wildman–Crippen LogP) is 3.17. The van der Waals surface area contributed by atoms with Crippen LogP contribution < -0.4 is 4.90 Å². The zero-order valence-electron chi connectivity index (χ0n) is 14.7. The molecule has 1 aliphatic heterocycles. The van der Waals surface area contributed by atoms with Crippen molar-refractivity contribution in [1.82, 2.24) is 15.2 Å². The molecule has 0 bridgehead atoms. The summed E-state index contributed by atoms with van der Waals surface area (Å²) in [5.41, 5.74) is 2.18. The van der Waals surface area contributed by atoms with Crippen LogP contribution in [0.4, 0.5) is 5.69 Å². The summed E-state index contributed by atoms with van der Waals surface area (Å²) in [7, 11) is 0. The number of hydrogen-bond donors (Lipinski definition) is 0. The Morgan fingerprint density at radius 3 is 2.59 bits per heavy atom. The third-order valence-electron chi connectivity index (χ3n) is 4.18. The van der Waals surface area contributed by atoms with E-state index in [4.69, 9.17) is 4.42 Å². The minimum absolute atomic E-state index is 0.102. The number of thioether (sulfide) groups is 1. The van der Waals surface area contributed by atoms with Crippen molar-refractivity contribution in [3.05, 3.63) is 53.9 Å². The number of hydrogen-bond acceptors (Lipinski definition) is 7. The van der Waals surface area contributed by atoms with Gasteiger partial charge in [-0.15, -0.1) is 5.10 Å². The molecular weight excluding hydrogens is 364 g/mol. The van der Waals surface area contributed by atoms with E-state index >= 15 is 0 Å². The second-order valence-electron chi connectivity index (χ2n) is 6.25. The lowest BCUT2D eigenvalue weighted by molar-refractivity contribution is -0.121. The van der Waals surface area contributed by atoms with Gasteiger partial charge in [0.1, 0.15) is 16.7 Å². The summed E-state index contributed by atoms with van der Waals surface area (Å²) in [5, 5.41) is 7.68. The van der Waals surface area contributed by atoms with Gasteiger partial charge < -0.3 is 4.42 Å². The van der Waals surface area contributed by atoms with E-state index in [-0.39, 0.29) is 18.2 Å². The van der Waals surface area contributed by atoms with E-state index in [1.54, 1.807) is 18.2 Å². The van der Waals surface area contributed by atoms with E-state index in [2.05, 4.69) is 15.2 Å². The molecule has 4 rings (SSSR count). The number of rotatable bonds is 4. The molecule has 8 heteroatoms. The first kappa shape index (κ1) is 17.4. The van der Waals surface area contributed by atoms with Crippen molar-refractivity contribution in [2.24, 2.45) is 0 Å². The largest absolute Gasteiger partial charge is 0.460 e. The van der Waals surface area contributed by atoms with Crippen LogP contribution in [0.1, 0.15) is 17.7 Å². The summed E-state index contributed by atoms with van der Waals surface area (Å²) >= 11 is 1.14. The number of aryl methyl sites for hydroxylation is 2. The van der Waals surface area contributed by atoms with Crippen molar-refractivity contribution in [2.45, 2.75) is 30.7 Å². The molecule has 1 aliphatic rings. The molecule has 0 spiro atoms. The van der Waals surface area contributed by atoms with Gasteiger partial charge in [-0.1, -0.05) is 29.5 Å². The zero-order valence-corrected chi connectivity index (χ0v) is 15.6. The summed E-state index contributed by atoms with van der Waals surface area (Å²) in [5.74, 6) is 0.853. The smallest absolute Gasteiger partial charge is 0.247 e. The number of anilines is 1. The maximum absolute atomic E-state index is 12.8. The highest BCUT2D eigenvalue weighted by molar-refractivity contribution is 8.00. The third kappa shape index (κ3) is 3.48. The van der Waals surface area contributed by atoms with Gasteiger partial charge in [-0.3, -0.25) is 9.59 Å². The fraction of sp³-hybridized carbons (Fsp3) is 0.211. The average Bonchev–Trinajstić information content (AvgIpc) is 3.20. The zero-order chi connectivity index (χ0) is 19.0. The topological polar surface area (TPSA) is 89.2 Å². The number of amides is 2. The molecule has 0 saturated carbocycles. The standard InChI is InChI=1S/C19H16N4O3S/c1-11-3-6-13(7-4-11)23-17(24)9-16(18(23)25)27-19-21-14(10-20-22-19)15-8-5-12(2)26-15/h3-8,10,16H,9H2,1-2H3. The van der Waals surface area contributed by atoms with Crippen LogP contribution in [0.2, 0.25) is 0 Å². The molecule has 1 atom stereocenters. The van der Waals surface area contributed by atoms with E-state index in [9.17, 15) is 9.59 Å². The van der Waals surface area contributed by atoms with Gasteiger partial charge >= 0.3 is 0 Å². The Hall–Kier alpha value is -3.00. The van der Waals surface area contributed by atoms with Gasteiger partial charge in [0, 0.05) is 6.42 Å². The van der Waals surface area contributed by atoms with Crippen LogP contribution in [-0.2, 0) is 9.59 Å². The van der Waals surface area contributed by atoms with Gasteiger partial charge in [0.25, 0.3) is 0 Å². The molecule has 0 N–H and O–H groups in total. The maximum atomic E-state index is 12.8. The van der Waals surface area contributed by atoms with Crippen molar-refractivity contribution in [3.8, 4) is 11.5 Å². The van der Waals surface area contributed by atoms with Crippen LogP contribution in [-0.4, -0.2) is 32.2 Å². The van der Waals surface area contributed by atoms with Gasteiger partial charge in [0.2, 0.25) is 17.0 Å². The van der Waals surface area contributed by atoms with Crippen LogP contribution in [0.25, 0.3) is 11.5 Å². The number of furan rings is 1. The summed E-state index contributed by atoms with van der Waals surface area (Å²) in [4.78, 5) is 30.8. The van der Waals surface area contributed by atoms with E-state index in [1.807, 2.05) is 32.0 Å². The second-order valence-corrected chi connectivity index (χ2v) is 7.42. The van der Waals surface area contributed by atoms with Crippen LogP contribution in [0.3, 0.4) is 0 Å². The molecule has 3 heterocycles. The van der Waals surface area contributed by atoms with Crippen molar-refractivity contribution >= 4 is 29.3 Å². The van der Waals surface area contributed by atoms with E-state index in [1.165, 1.54) is 11.1 Å². The van der Waals surface area contributed by atoms with Gasteiger partial charge in [-0.05, 0) is 38.1 Å². The van der Waals surface area contributed by atoms with Crippen LogP contribution in [0.15, 0.2) is 52.2 Å². The Labute approximate surface area is 159 Å². The Kier molecular flexibility index (Phi) is 4.49. The molecule has 27 heavy (non-hydrogen) atoms. The maximum Gasteiger partial charge on any atom is 0.247 e. The number of aromatic nitrogens is 3. The molecule has 136 valence electrons. The van der Waals surface area contributed by atoms with E-state index < -0.39 is 5.25 Å². The molecule has 7 nitrogen and oxygen atoms in total. The second kappa shape index (κ2) is 6.96. The van der Waals surface area contributed by atoms with Crippen LogP contribution in [0, 0.1) is 13.8 Å². The van der Waals surface area contributed by atoms with Crippen molar-refractivity contribution in [1.29, 1.82) is 0 Å². The lowest BCUT2D eigenvalue weighted by Crippen LogP contribution is -2.31. The first-order valence-corrected chi connectivity index (χ1v) is 9.26. The third-order valence-corrected chi connectivity index (χ3v) is 5.21. The van der Waals surface area contributed by atoms with Crippen LogP contribution >= 0.6 is 11.8 Å². The van der Waals surface area contributed by atoms with Crippen molar-refractivity contribution in [2.75, 3.05) is 4.90 Å². The summed E-state index contributed by atoms with van der Waals surface area (Å²) in [6.07, 6.45) is 1.60. The predicted molar refractivity (Wildman–Crippen MR) is 100 cm³/mol. The number of nitrogens with zero attached hydrogens (tertiary/aromatic N) is 4. The first-order chi connectivity index (χ1) is 13.0. The molecule has 1 fully saturated rings. The normalized spacial score (nSPS) is 17.0. The van der Waals surface area contributed by atoms with E-state index in [0.717, 1.165) is 23.1 Å². The molecule has 2 amide bonds. The number of carbonyl (C=O) groups excluding carboxylic acids is 2. The Morgan fingerprint density at radius 2 is 1.89 bits per heavy atom. The highest BCUT2D eigenvalue weighted by Crippen LogP contribution is 2.33. The van der Waals surface area contributed by atoms with Crippen molar-refractivity contribution in [3.63, 3.8) is 0 Å². The lowest BCUT2D eigenvalue weighted by Gasteiger charge is -2.14. The molecule has 3 aromatic rings. The highest BCUT2D eigenvalue weighted by atomic mass is 32.2. The molecule has 1 saturated heterocycles. The molecular formula is C19H16N4O3S. The molecule has 2 aromatic heterocycles. The van der Waals surface area contributed by atoms with Gasteiger partial charge in [-0.2, -0.15) is 5.10 Å². The SMILES string of the molecule is Cc1ccc(N2C(=O)CC(Sc3nncc(-c4ccc(C)o4)n3)C2=O)cc1. The van der Waals surface area contributed by atoms with Crippen LogP contribution in [0.5, 0.6) is 0 Å². The van der Waals surface area contributed by atoms with Gasteiger partial charge in [0.15, 0.2) is 5.76 Å².